The number of furan rings is 1. The highest BCUT2D eigenvalue weighted by Crippen LogP contribution is 2.25. The highest BCUT2D eigenvalue weighted by molar-refractivity contribution is 7.12. The molecule has 0 unspecified atom stereocenters. The topological polar surface area (TPSA) is 106 Å². The molecule has 5 rings (SSSR count). The number of rotatable bonds is 4. The summed E-state index contributed by atoms with van der Waals surface area (Å²) in [5, 5.41) is 9.19. The molecular weight excluding hydrogens is 378 g/mol. The summed E-state index contributed by atoms with van der Waals surface area (Å²) in [6, 6.07) is 8.77. The van der Waals surface area contributed by atoms with Crippen LogP contribution in [-0.4, -0.2) is 25.7 Å². The van der Waals surface area contributed by atoms with E-state index < -0.39 is 0 Å². The Kier molecular flexibility index (Phi) is 3.94. The Morgan fingerprint density at radius 3 is 3.00 bits per heavy atom. The predicted octanol–water partition coefficient (Wildman–Crippen LogP) is 3.02. The van der Waals surface area contributed by atoms with Crippen LogP contribution in [0.15, 0.2) is 51.2 Å². The number of hydrogen-bond acceptors (Lipinski definition) is 6. The van der Waals surface area contributed by atoms with E-state index in [2.05, 4.69) is 20.4 Å². The molecular formula is C19H15N5O3S. The molecule has 0 saturated heterocycles. The summed E-state index contributed by atoms with van der Waals surface area (Å²) >= 11 is 1.34. The van der Waals surface area contributed by atoms with Gasteiger partial charge < -0.3 is 9.73 Å². The number of H-pyrrole nitrogens is 1. The number of aromatic nitrogens is 4. The third-order valence-electron chi connectivity index (χ3n) is 4.60. The number of thiophene rings is 1. The summed E-state index contributed by atoms with van der Waals surface area (Å²) in [5.74, 6) is 0.954. The van der Waals surface area contributed by atoms with Gasteiger partial charge >= 0.3 is 0 Å². The second kappa shape index (κ2) is 6.61. The molecule has 0 radical (unpaired) electrons. The van der Waals surface area contributed by atoms with Crippen molar-refractivity contribution in [2.24, 2.45) is 0 Å². The molecule has 1 aliphatic rings. The maximum atomic E-state index is 12.6. The minimum absolute atomic E-state index is 0.164. The molecule has 28 heavy (non-hydrogen) atoms. The molecule has 140 valence electrons. The molecule has 4 aromatic heterocycles. The largest absolute Gasteiger partial charge is 0.463 e. The summed E-state index contributed by atoms with van der Waals surface area (Å²) in [6.07, 6.45) is 3.95. The number of carbonyl (C=O) groups is 1. The van der Waals surface area contributed by atoms with Crippen LogP contribution in [0, 0.1) is 0 Å². The van der Waals surface area contributed by atoms with Crippen LogP contribution < -0.4 is 10.9 Å². The van der Waals surface area contributed by atoms with Gasteiger partial charge in [0.05, 0.1) is 16.8 Å². The van der Waals surface area contributed by atoms with E-state index in [-0.39, 0.29) is 17.4 Å². The lowest BCUT2D eigenvalue weighted by Crippen LogP contribution is -2.21. The molecule has 1 aliphatic carbocycles. The molecule has 0 aromatic carbocycles. The van der Waals surface area contributed by atoms with Gasteiger partial charge in [0.1, 0.15) is 11.5 Å². The molecule has 2 N–H and O–H groups in total. The van der Waals surface area contributed by atoms with Crippen molar-refractivity contribution in [3.05, 3.63) is 68.5 Å². The van der Waals surface area contributed by atoms with Crippen molar-refractivity contribution in [3.63, 3.8) is 0 Å². The lowest BCUT2D eigenvalue weighted by atomic mass is 10.3. The van der Waals surface area contributed by atoms with E-state index in [9.17, 15) is 9.59 Å². The van der Waals surface area contributed by atoms with Crippen molar-refractivity contribution in [3.8, 4) is 17.4 Å². The van der Waals surface area contributed by atoms with Gasteiger partial charge in [-0.3, -0.25) is 14.6 Å². The van der Waals surface area contributed by atoms with Crippen LogP contribution in [0.1, 0.15) is 27.3 Å². The predicted molar refractivity (Wildman–Crippen MR) is 104 cm³/mol. The number of nitrogens with zero attached hydrogens (tertiary/aromatic N) is 3. The van der Waals surface area contributed by atoms with Crippen LogP contribution >= 0.6 is 11.3 Å². The number of aromatic amines is 1. The first-order valence-corrected chi connectivity index (χ1v) is 9.68. The molecule has 4 heterocycles. The number of nitrogens with one attached hydrogen (secondary N) is 2. The summed E-state index contributed by atoms with van der Waals surface area (Å²) < 4.78 is 6.85. The minimum Gasteiger partial charge on any atom is -0.463 e. The zero-order valence-electron chi connectivity index (χ0n) is 14.6. The van der Waals surface area contributed by atoms with Crippen LogP contribution in [-0.2, 0) is 12.8 Å². The SMILES string of the molecule is O=C(Nc1cc(-c2ccco2)nn1-c1nc2c(c(=O)[nH]1)CCC2)c1cccs1. The van der Waals surface area contributed by atoms with Gasteiger partial charge in [-0.25, -0.2) is 4.98 Å². The molecule has 9 heteroatoms. The smallest absolute Gasteiger partial charge is 0.266 e. The Labute approximate surface area is 162 Å². The van der Waals surface area contributed by atoms with Crippen molar-refractivity contribution in [2.45, 2.75) is 19.3 Å². The zero-order valence-corrected chi connectivity index (χ0v) is 15.5. The maximum Gasteiger partial charge on any atom is 0.266 e. The quantitative estimate of drug-likeness (QED) is 0.554. The first kappa shape index (κ1) is 16.7. The minimum atomic E-state index is -0.259. The summed E-state index contributed by atoms with van der Waals surface area (Å²) in [5.41, 5.74) is 1.87. The van der Waals surface area contributed by atoms with E-state index in [1.165, 1.54) is 16.0 Å². The van der Waals surface area contributed by atoms with Gasteiger partial charge in [0.15, 0.2) is 5.76 Å². The van der Waals surface area contributed by atoms with E-state index in [0.717, 1.165) is 30.5 Å². The number of hydrogen-bond donors (Lipinski definition) is 2. The fourth-order valence-corrected chi connectivity index (χ4v) is 3.91. The van der Waals surface area contributed by atoms with Crippen LogP contribution in [0.25, 0.3) is 17.4 Å². The monoisotopic (exact) mass is 393 g/mol. The first-order valence-electron chi connectivity index (χ1n) is 8.80. The molecule has 0 atom stereocenters. The fraction of sp³-hybridized carbons (Fsp3) is 0.158. The number of aryl methyl sites for hydroxylation is 1. The van der Waals surface area contributed by atoms with E-state index in [1.807, 2.05) is 11.4 Å². The van der Waals surface area contributed by atoms with E-state index in [0.29, 0.717) is 22.1 Å². The van der Waals surface area contributed by atoms with E-state index >= 15 is 0 Å². The fourth-order valence-electron chi connectivity index (χ4n) is 3.29. The zero-order chi connectivity index (χ0) is 19.1. The van der Waals surface area contributed by atoms with Gasteiger partial charge in [-0.05, 0) is 42.8 Å². The Morgan fingerprint density at radius 1 is 1.29 bits per heavy atom. The molecule has 4 aromatic rings. The van der Waals surface area contributed by atoms with E-state index in [4.69, 9.17) is 4.42 Å². The Morgan fingerprint density at radius 2 is 2.21 bits per heavy atom. The highest BCUT2D eigenvalue weighted by atomic mass is 32.1. The Bertz CT molecular complexity index is 1210. The second-order valence-corrected chi connectivity index (χ2v) is 7.35. The molecule has 0 spiro atoms. The molecule has 0 fully saturated rings. The van der Waals surface area contributed by atoms with Crippen LogP contribution in [0.3, 0.4) is 0 Å². The third-order valence-corrected chi connectivity index (χ3v) is 5.47. The van der Waals surface area contributed by atoms with E-state index in [1.54, 1.807) is 30.5 Å². The maximum absolute atomic E-state index is 12.6. The Hall–Kier alpha value is -3.46. The molecule has 0 saturated carbocycles. The van der Waals surface area contributed by atoms with Crippen molar-refractivity contribution in [1.82, 2.24) is 19.7 Å². The van der Waals surface area contributed by atoms with Gasteiger partial charge in [0, 0.05) is 11.6 Å². The van der Waals surface area contributed by atoms with Crippen LogP contribution in [0.2, 0.25) is 0 Å². The van der Waals surface area contributed by atoms with Gasteiger partial charge in [-0.15, -0.1) is 11.3 Å². The van der Waals surface area contributed by atoms with Gasteiger partial charge in [0.2, 0.25) is 5.95 Å². The normalized spacial score (nSPS) is 12.9. The van der Waals surface area contributed by atoms with Crippen molar-refractivity contribution < 1.29 is 9.21 Å². The summed E-state index contributed by atoms with van der Waals surface area (Å²) in [4.78, 5) is 32.9. The van der Waals surface area contributed by atoms with Crippen molar-refractivity contribution >= 4 is 23.1 Å². The summed E-state index contributed by atoms with van der Waals surface area (Å²) in [7, 11) is 0. The van der Waals surface area contributed by atoms with Crippen molar-refractivity contribution in [1.29, 1.82) is 0 Å². The number of fused-ring (bicyclic) bond motifs is 1. The second-order valence-electron chi connectivity index (χ2n) is 6.40. The lowest BCUT2D eigenvalue weighted by Gasteiger charge is -2.08. The first-order chi connectivity index (χ1) is 13.7. The van der Waals surface area contributed by atoms with Crippen LogP contribution in [0.4, 0.5) is 5.82 Å². The van der Waals surface area contributed by atoms with Gasteiger partial charge in [-0.2, -0.15) is 9.78 Å². The van der Waals surface area contributed by atoms with Crippen LogP contribution in [0.5, 0.6) is 0 Å². The lowest BCUT2D eigenvalue weighted by molar-refractivity contribution is 0.103. The number of amides is 1. The number of anilines is 1. The molecule has 0 aliphatic heterocycles. The molecule has 1 amide bonds. The average molecular weight is 393 g/mol. The van der Waals surface area contributed by atoms with Gasteiger partial charge in [0.25, 0.3) is 11.5 Å². The highest BCUT2D eigenvalue weighted by Gasteiger charge is 2.21. The Balaban J connectivity index is 1.61. The summed E-state index contributed by atoms with van der Waals surface area (Å²) in [6.45, 7) is 0. The average Bonchev–Trinajstić information content (AvgIpc) is 3.47. The molecule has 8 nitrogen and oxygen atoms in total. The number of carbonyl (C=O) groups excluding carboxylic acids is 1. The standard InChI is InChI=1S/C19H15N5O3S/c25-17-11-4-1-5-12(11)20-19(22-17)24-16(21-18(26)15-7-3-9-28-15)10-13(23-24)14-6-2-8-27-14/h2-3,6-10H,1,4-5H2,(H,21,26)(H,20,22,25). The van der Waals surface area contributed by atoms with Gasteiger partial charge in [-0.1, -0.05) is 6.07 Å². The molecule has 0 bridgehead atoms. The third kappa shape index (κ3) is 2.85. The van der Waals surface area contributed by atoms with Crippen molar-refractivity contribution in [2.75, 3.05) is 5.32 Å².